The highest BCUT2D eigenvalue weighted by molar-refractivity contribution is 6.76. The molecular weight excluding hydrogens is 408 g/mol. The molecule has 0 saturated heterocycles. The molecule has 4 nitrogen and oxygen atoms in total. The van der Waals surface area contributed by atoms with Gasteiger partial charge in [0.05, 0.1) is 11.2 Å². The predicted octanol–water partition coefficient (Wildman–Crippen LogP) is 6.57. The second kappa shape index (κ2) is 8.17. The zero-order chi connectivity index (χ0) is 21.2. The monoisotopic (exact) mass is 432 g/mol. The van der Waals surface area contributed by atoms with E-state index in [4.69, 9.17) is 16.6 Å². The Morgan fingerprint density at radius 2 is 1.60 bits per heavy atom. The zero-order valence-electron chi connectivity index (χ0n) is 17.5. The maximum absolute atomic E-state index is 6.78. The van der Waals surface area contributed by atoms with Gasteiger partial charge in [0.25, 0.3) is 0 Å². The maximum atomic E-state index is 6.78. The molecule has 1 atom stereocenters. The Morgan fingerprint density at radius 1 is 0.933 bits per heavy atom. The quantitative estimate of drug-likeness (QED) is 0.255. The topological polar surface area (TPSA) is 43.1 Å². The molecule has 6 heteroatoms. The molecule has 0 bridgehead atoms. The van der Waals surface area contributed by atoms with E-state index in [1.807, 2.05) is 77.6 Å². The van der Waals surface area contributed by atoms with Crippen LogP contribution in [0.25, 0.3) is 11.0 Å². The van der Waals surface area contributed by atoms with Crippen molar-refractivity contribution in [1.29, 1.82) is 0 Å². The lowest BCUT2D eigenvalue weighted by molar-refractivity contribution is 0.477. The molecule has 0 amide bonds. The number of hydrogen-bond acceptors (Lipinski definition) is 3. The SMILES string of the molecule is C[Si](C)(C)CC(C=Nc1ccccc1)(c1ccccc1Cl)n1nnc2ccccc21. The van der Waals surface area contributed by atoms with E-state index in [1.165, 1.54) is 0 Å². The Hall–Kier alpha value is -2.76. The van der Waals surface area contributed by atoms with Gasteiger partial charge < -0.3 is 0 Å². The van der Waals surface area contributed by atoms with Crippen LogP contribution in [0.1, 0.15) is 5.56 Å². The van der Waals surface area contributed by atoms with Gasteiger partial charge in [-0.25, -0.2) is 4.68 Å². The molecule has 30 heavy (non-hydrogen) atoms. The van der Waals surface area contributed by atoms with Crippen LogP contribution in [0.3, 0.4) is 0 Å². The molecule has 0 aliphatic heterocycles. The summed E-state index contributed by atoms with van der Waals surface area (Å²) in [5.74, 6) is 0. The van der Waals surface area contributed by atoms with Gasteiger partial charge >= 0.3 is 0 Å². The average molecular weight is 433 g/mol. The molecule has 0 aliphatic carbocycles. The molecular formula is C24H25ClN4Si. The Morgan fingerprint density at radius 3 is 2.33 bits per heavy atom. The van der Waals surface area contributed by atoms with Crippen LogP contribution in [-0.4, -0.2) is 29.3 Å². The van der Waals surface area contributed by atoms with Gasteiger partial charge in [-0.3, -0.25) is 4.99 Å². The normalized spacial score (nSPS) is 14.3. The summed E-state index contributed by atoms with van der Waals surface area (Å²) in [5, 5.41) is 9.77. The highest BCUT2D eigenvalue weighted by atomic mass is 35.5. The number of nitrogens with zero attached hydrogens (tertiary/aromatic N) is 4. The van der Waals surface area contributed by atoms with Crippen molar-refractivity contribution in [3.05, 3.63) is 89.4 Å². The van der Waals surface area contributed by atoms with Gasteiger partial charge in [0.2, 0.25) is 0 Å². The molecule has 152 valence electrons. The average Bonchev–Trinajstić information content (AvgIpc) is 3.16. The van der Waals surface area contributed by atoms with Crippen molar-refractivity contribution in [3.8, 4) is 0 Å². The summed E-state index contributed by atoms with van der Waals surface area (Å²) in [7, 11) is -1.62. The first-order chi connectivity index (χ1) is 14.4. The summed E-state index contributed by atoms with van der Waals surface area (Å²) in [6.07, 6.45) is 2.02. The minimum atomic E-state index is -1.62. The number of benzene rings is 3. The summed E-state index contributed by atoms with van der Waals surface area (Å²) >= 11 is 6.78. The lowest BCUT2D eigenvalue weighted by Gasteiger charge is -2.36. The number of halogens is 1. The van der Waals surface area contributed by atoms with E-state index in [2.05, 4.69) is 42.1 Å². The van der Waals surface area contributed by atoms with Crippen LogP contribution in [0, 0.1) is 0 Å². The molecule has 3 aromatic carbocycles. The molecule has 4 rings (SSSR count). The third kappa shape index (κ3) is 4.09. The van der Waals surface area contributed by atoms with Gasteiger partial charge in [0, 0.05) is 24.9 Å². The van der Waals surface area contributed by atoms with Gasteiger partial charge in [0.1, 0.15) is 11.1 Å². The lowest BCUT2D eigenvalue weighted by Crippen LogP contribution is -2.44. The molecule has 4 aromatic rings. The fourth-order valence-corrected chi connectivity index (χ4v) is 6.28. The molecule has 0 radical (unpaired) electrons. The first kappa shape index (κ1) is 20.5. The Balaban J connectivity index is 2.03. The van der Waals surface area contributed by atoms with Crippen molar-refractivity contribution in [3.63, 3.8) is 0 Å². The van der Waals surface area contributed by atoms with Crippen LogP contribution < -0.4 is 0 Å². The summed E-state index contributed by atoms with van der Waals surface area (Å²) in [6, 6.07) is 26.9. The van der Waals surface area contributed by atoms with Gasteiger partial charge in [-0.05, 0) is 36.4 Å². The molecule has 1 aromatic heterocycles. The molecule has 1 heterocycles. The van der Waals surface area contributed by atoms with Crippen LogP contribution in [0.5, 0.6) is 0 Å². The molecule has 0 saturated carbocycles. The van der Waals surface area contributed by atoms with Gasteiger partial charge in [-0.1, -0.05) is 85.0 Å². The van der Waals surface area contributed by atoms with Gasteiger partial charge in [-0.2, -0.15) is 0 Å². The second-order valence-electron chi connectivity index (χ2n) is 8.73. The number of fused-ring (bicyclic) bond motifs is 1. The van der Waals surface area contributed by atoms with Crippen LogP contribution in [0.4, 0.5) is 5.69 Å². The van der Waals surface area contributed by atoms with Gasteiger partial charge in [-0.15, -0.1) is 5.10 Å². The standard InChI is InChI=1S/C24H25ClN4Si/c1-30(2,3)18-24(20-13-7-8-14-21(20)25,17-26-19-11-5-4-6-12-19)29-23-16-10-9-15-22(23)27-28-29/h4-17H,18H2,1-3H3. The number of hydrogen-bond donors (Lipinski definition) is 0. The smallest absolute Gasteiger partial charge is 0.124 e. The van der Waals surface area contributed by atoms with Crippen molar-refractivity contribution in [2.45, 2.75) is 31.2 Å². The lowest BCUT2D eigenvalue weighted by atomic mass is 9.92. The molecule has 1 unspecified atom stereocenters. The van der Waals surface area contributed by atoms with Crippen LogP contribution in [0.2, 0.25) is 30.7 Å². The largest absolute Gasteiger partial charge is 0.258 e. The maximum Gasteiger partial charge on any atom is 0.124 e. The van der Waals surface area contributed by atoms with E-state index in [1.54, 1.807) is 0 Å². The summed E-state index contributed by atoms with van der Waals surface area (Å²) < 4.78 is 2.01. The summed E-state index contributed by atoms with van der Waals surface area (Å²) in [6.45, 7) is 7.07. The highest BCUT2D eigenvalue weighted by Gasteiger charge is 2.41. The second-order valence-corrected chi connectivity index (χ2v) is 14.6. The van der Waals surface area contributed by atoms with Crippen molar-refractivity contribution in [2.75, 3.05) is 0 Å². The molecule has 0 spiro atoms. The van der Waals surface area contributed by atoms with E-state index in [0.717, 1.165) is 28.3 Å². The minimum absolute atomic E-state index is 0.644. The highest BCUT2D eigenvalue weighted by Crippen LogP contribution is 2.39. The van der Waals surface area contributed by atoms with Crippen LogP contribution in [-0.2, 0) is 5.54 Å². The molecule has 0 N–H and O–H groups in total. The summed E-state index contributed by atoms with van der Waals surface area (Å²) in [5.41, 5.74) is 3.07. The van der Waals surface area contributed by atoms with E-state index >= 15 is 0 Å². The predicted molar refractivity (Wildman–Crippen MR) is 129 cm³/mol. The number of rotatable bonds is 6. The molecule has 0 aliphatic rings. The number of aromatic nitrogens is 3. The Labute approximate surface area is 183 Å². The Bertz CT molecular complexity index is 1180. The minimum Gasteiger partial charge on any atom is -0.258 e. The Kier molecular flexibility index (Phi) is 5.58. The zero-order valence-corrected chi connectivity index (χ0v) is 19.2. The number of para-hydroxylation sites is 2. The van der Waals surface area contributed by atoms with E-state index in [-0.39, 0.29) is 0 Å². The fraction of sp³-hybridized carbons (Fsp3) is 0.208. The fourth-order valence-electron chi connectivity index (χ4n) is 3.93. The number of aliphatic imine (C=N–C) groups is 1. The van der Waals surface area contributed by atoms with Crippen molar-refractivity contribution in [1.82, 2.24) is 15.0 Å². The summed E-state index contributed by atoms with van der Waals surface area (Å²) in [4.78, 5) is 4.89. The van der Waals surface area contributed by atoms with Crippen molar-refractivity contribution < 1.29 is 0 Å². The molecule has 0 fully saturated rings. The third-order valence-corrected chi connectivity index (χ3v) is 6.98. The van der Waals surface area contributed by atoms with Crippen molar-refractivity contribution >= 4 is 42.6 Å². The third-order valence-electron chi connectivity index (χ3n) is 5.05. The van der Waals surface area contributed by atoms with Crippen LogP contribution in [0.15, 0.2) is 83.9 Å². The van der Waals surface area contributed by atoms with E-state index < -0.39 is 13.6 Å². The van der Waals surface area contributed by atoms with Crippen molar-refractivity contribution in [2.24, 2.45) is 4.99 Å². The van der Waals surface area contributed by atoms with E-state index in [9.17, 15) is 0 Å². The first-order valence-electron chi connectivity index (χ1n) is 10.1. The van der Waals surface area contributed by atoms with E-state index in [0.29, 0.717) is 5.02 Å². The van der Waals surface area contributed by atoms with Crippen LogP contribution >= 0.6 is 11.6 Å². The van der Waals surface area contributed by atoms with Gasteiger partial charge in [0.15, 0.2) is 0 Å². The first-order valence-corrected chi connectivity index (χ1v) is 14.1.